The Hall–Kier alpha value is -1.85. The van der Waals surface area contributed by atoms with Gasteiger partial charge >= 0.3 is 0 Å². The second kappa shape index (κ2) is 7.81. The van der Waals surface area contributed by atoms with Crippen molar-refractivity contribution in [3.63, 3.8) is 0 Å². The van der Waals surface area contributed by atoms with Crippen LogP contribution in [-0.2, 0) is 4.74 Å². The van der Waals surface area contributed by atoms with E-state index in [1.807, 2.05) is 24.4 Å². The average molecular weight is 289 g/mol. The molecule has 0 aliphatic heterocycles. The fourth-order valence-electron chi connectivity index (χ4n) is 2.40. The summed E-state index contributed by atoms with van der Waals surface area (Å²) in [6.07, 6.45) is 2.74. The molecule has 0 aliphatic carbocycles. The molecule has 0 amide bonds. The van der Waals surface area contributed by atoms with Gasteiger partial charge in [0.2, 0.25) is 0 Å². The number of nitrogens with zero attached hydrogens (tertiary/aromatic N) is 2. The summed E-state index contributed by atoms with van der Waals surface area (Å²) in [5.74, 6) is 1.82. The van der Waals surface area contributed by atoms with Crippen molar-refractivity contribution >= 4 is 16.6 Å². The number of aromatic nitrogens is 1. The van der Waals surface area contributed by atoms with Gasteiger partial charge in [0.25, 0.3) is 0 Å². The summed E-state index contributed by atoms with van der Waals surface area (Å²) < 4.78 is 10.6. The molecule has 2 rings (SSSR count). The highest BCUT2D eigenvalue weighted by atomic mass is 16.5. The van der Waals surface area contributed by atoms with Gasteiger partial charge in [0, 0.05) is 37.2 Å². The molecule has 21 heavy (non-hydrogen) atoms. The minimum atomic E-state index is 0.659. The van der Waals surface area contributed by atoms with Crippen LogP contribution in [0, 0.1) is 0 Å². The molecule has 0 saturated heterocycles. The molecule has 2 aromatic rings. The van der Waals surface area contributed by atoms with Gasteiger partial charge in [-0.1, -0.05) is 12.1 Å². The van der Waals surface area contributed by atoms with E-state index < -0.39 is 0 Å². The first-order valence-corrected chi connectivity index (χ1v) is 7.17. The first-order valence-electron chi connectivity index (χ1n) is 7.17. The third-order valence-corrected chi connectivity index (χ3v) is 3.46. The van der Waals surface area contributed by atoms with Crippen LogP contribution in [0.2, 0.25) is 0 Å². The molecular weight excluding hydrogens is 266 g/mol. The van der Waals surface area contributed by atoms with Gasteiger partial charge in [0.05, 0.1) is 13.7 Å². The van der Waals surface area contributed by atoms with Gasteiger partial charge < -0.3 is 20.1 Å². The first-order chi connectivity index (χ1) is 10.3. The van der Waals surface area contributed by atoms with Crippen molar-refractivity contribution in [1.29, 1.82) is 0 Å². The van der Waals surface area contributed by atoms with E-state index in [0.717, 1.165) is 41.9 Å². The zero-order valence-electron chi connectivity index (χ0n) is 12.7. The van der Waals surface area contributed by atoms with Crippen LogP contribution in [0.5, 0.6) is 5.75 Å². The maximum Gasteiger partial charge on any atom is 0.136 e. The monoisotopic (exact) mass is 289 g/mol. The summed E-state index contributed by atoms with van der Waals surface area (Å²) in [5.41, 5.74) is 5.64. The lowest BCUT2D eigenvalue weighted by molar-refractivity contribution is 0.205. The highest BCUT2D eigenvalue weighted by Crippen LogP contribution is 2.30. The molecule has 1 aromatic heterocycles. The largest absolute Gasteiger partial charge is 0.496 e. The summed E-state index contributed by atoms with van der Waals surface area (Å²) in [7, 11) is 3.40. The minimum Gasteiger partial charge on any atom is -0.496 e. The van der Waals surface area contributed by atoms with E-state index in [1.54, 1.807) is 14.2 Å². The second-order valence-corrected chi connectivity index (χ2v) is 4.81. The van der Waals surface area contributed by atoms with Crippen molar-refractivity contribution in [2.24, 2.45) is 5.73 Å². The van der Waals surface area contributed by atoms with E-state index in [2.05, 4.69) is 16.0 Å². The van der Waals surface area contributed by atoms with Crippen LogP contribution >= 0.6 is 0 Å². The smallest absolute Gasteiger partial charge is 0.136 e. The van der Waals surface area contributed by atoms with Gasteiger partial charge in [-0.05, 0) is 25.1 Å². The van der Waals surface area contributed by atoms with Gasteiger partial charge in [0.15, 0.2) is 0 Å². The Morgan fingerprint density at radius 2 is 2.00 bits per heavy atom. The number of methoxy groups -OCH3 is 2. The number of nitrogens with two attached hydrogens (primary N) is 1. The Balaban J connectivity index is 2.41. The molecule has 2 N–H and O–H groups in total. The SMILES string of the molecule is COCCN(CCCN)c1nccc2c(OC)cccc12. The van der Waals surface area contributed by atoms with Crippen molar-refractivity contribution in [3.05, 3.63) is 30.5 Å². The van der Waals surface area contributed by atoms with E-state index in [-0.39, 0.29) is 0 Å². The predicted octanol–water partition coefficient (Wildman–Crippen LogP) is 2.04. The predicted molar refractivity (Wildman–Crippen MR) is 86.1 cm³/mol. The van der Waals surface area contributed by atoms with Gasteiger partial charge in [-0.25, -0.2) is 4.98 Å². The molecule has 0 bridgehead atoms. The Labute approximate surface area is 125 Å². The summed E-state index contributed by atoms with van der Waals surface area (Å²) in [4.78, 5) is 6.78. The normalized spacial score (nSPS) is 10.8. The van der Waals surface area contributed by atoms with Crippen molar-refractivity contribution < 1.29 is 9.47 Å². The molecule has 0 fully saturated rings. The molecule has 114 valence electrons. The lowest BCUT2D eigenvalue weighted by atomic mass is 10.1. The lowest BCUT2D eigenvalue weighted by Gasteiger charge is -2.24. The molecule has 1 heterocycles. The molecule has 0 saturated carbocycles. The van der Waals surface area contributed by atoms with Gasteiger partial charge in [-0.3, -0.25) is 0 Å². The fourth-order valence-corrected chi connectivity index (χ4v) is 2.40. The van der Waals surface area contributed by atoms with Crippen LogP contribution in [-0.4, -0.2) is 45.4 Å². The summed E-state index contributed by atoms with van der Waals surface area (Å²) in [6.45, 7) is 2.98. The van der Waals surface area contributed by atoms with Crippen LogP contribution in [0.25, 0.3) is 10.8 Å². The van der Waals surface area contributed by atoms with E-state index in [1.165, 1.54) is 0 Å². The van der Waals surface area contributed by atoms with E-state index in [9.17, 15) is 0 Å². The van der Waals surface area contributed by atoms with Crippen molar-refractivity contribution in [3.8, 4) is 5.75 Å². The second-order valence-electron chi connectivity index (χ2n) is 4.81. The molecule has 5 nitrogen and oxygen atoms in total. The number of ether oxygens (including phenoxy) is 2. The number of hydrogen-bond acceptors (Lipinski definition) is 5. The van der Waals surface area contributed by atoms with Crippen LogP contribution in [0.4, 0.5) is 5.82 Å². The van der Waals surface area contributed by atoms with Crippen LogP contribution in [0.1, 0.15) is 6.42 Å². The minimum absolute atomic E-state index is 0.659. The number of benzene rings is 1. The molecule has 0 atom stereocenters. The molecular formula is C16H23N3O2. The molecule has 5 heteroatoms. The van der Waals surface area contributed by atoms with Crippen molar-refractivity contribution in [1.82, 2.24) is 4.98 Å². The Morgan fingerprint density at radius 1 is 1.14 bits per heavy atom. The number of fused-ring (bicyclic) bond motifs is 1. The average Bonchev–Trinajstić information content (AvgIpc) is 2.54. The van der Waals surface area contributed by atoms with Gasteiger partial charge in [-0.15, -0.1) is 0 Å². The lowest BCUT2D eigenvalue weighted by Crippen LogP contribution is -2.30. The highest BCUT2D eigenvalue weighted by molar-refractivity contribution is 5.96. The summed E-state index contributed by atoms with van der Waals surface area (Å²) in [6, 6.07) is 8.01. The first kappa shape index (κ1) is 15.5. The molecule has 0 spiro atoms. The van der Waals surface area contributed by atoms with Crippen LogP contribution in [0.3, 0.4) is 0 Å². The maximum absolute atomic E-state index is 5.64. The zero-order valence-corrected chi connectivity index (χ0v) is 12.7. The highest BCUT2D eigenvalue weighted by Gasteiger charge is 2.13. The third kappa shape index (κ3) is 3.62. The zero-order chi connectivity index (χ0) is 15.1. The van der Waals surface area contributed by atoms with Crippen LogP contribution in [0.15, 0.2) is 30.5 Å². The number of hydrogen-bond donors (Lipinski definition) is 1. The van der Waals surface area contributed by atoms with Crippen molar-refractivity contribution in [2.45, 2.75) is 6.42 Å². The molecule has 0 aliphatic rings. The quantitative estimate of drug-likeness (QED) is 0.806. The maximum atomic E-state index is 5.64. The van der Waals surface area contributed by atoms with Gasteiger partial charge in [-0.2, -0.15) is 0 Å². The molecule has 0 radical (unpaired) electrons. The Bertz CT molecular complexity index is 566. The third-order valence-electron chi connectivity index (χ3n) is 3.46. The topological polar surface area (TPSA) is 60.6 Å². The van der Waals surface area contributed by atoms with E-state index >= 15 is 0 Å². The Kier molecular flexibility index (Phi) is 5.78. The number of pyridine rings is 1. The van der Waals surface area contributed by atoms with E-state index in [4.69, 9.17) is 15.2 Å². The Morgan fingerprint density at radius 3 is 2.71 bits per heavy atom. The number of anilines is 1. The van der Waals surface area contributed by atoms with Gasteiger partial charge in [0.1, 0.15) is 11.6 Å². The molecule has 0 unspecified atom stereocenters. The van der Waals surface area contributed by atoms with E-state index in [0.29, 0.717) is 13.2 Å². The summed E-state index contributed by atoms with van der Waals surface area (Å²) in [5, 5.41) is 2.16. The van der Waals surface area contributed by atoms with Crippen LogP contribution < -0.4 is 15.4 Å². The standard InChI is InChI=1S/C16H23N3O2/c1-20-12-11-19(10-4-8-17)16-14-5-3-6-15(21-2)13(14)7-9-18-16/h3,5-7,9H,4,8,10-12,17H2,1-2H3. The fraction of sp³-hybridized carbons (Fsp3) is 0.438. The summed E-state index contributed by atoms with van der Waals surface area (Å²) >= 11 is 0. The molecule has 1 aromatic carbocycles. The van der Waals surface area contributed by atoms with Crippen molar-refractivity contribution in [2.75, 3.05) is 45.4 Å². The number of rotatable bonds is 8.